The predicted octanol–water partition coefficient (Wildman–Crippen LogP) is 4.18. The zero-order valence-corrected chi connectivity index (χ0v) is 16.0. The Morgan fingerprint density at radius 1 is 1.21 bits per heavy atom. The molecule has 0 saturated heterocycles. The third-order valence-corrected chi connectivity index (χ3v) is 5.32. The molecule has 0 bridgehead atoms. The van der Waals surface area contributed by atoms with Gasteiger partial charge in [-0.3, -0.25) is 4.79 Å². The van der Waals surface area contributed by atoms with Gasteiger partial charge in [0.2, 0.25) is 0 Å². The highest BCUT2D eigenvalue weighted by Gasteiger charge is 2.35. The van der Waals surface area contributed by atoms with Gasteiger partial charge in [-0.05, 0) is 36.1 Å². The predicted molar refractivity (Wildman–Crippen MR) is 105 cm³/mol. The molecule has 2 aromatic heterocycles. The highest BCUT2D eigenvalue weighted by Crippen LogP contribution is 2.33. The van der Waals surface area contributed by atoms with Gasteiger partial charge < -0.3 is 9.15 Å². The maximum absolute atomic E-state index is 12.8. The summed E-state index contributed by atoms with van der Waals surface area (Å²) < 4.78 is 10.7. The van der Waals surface area contributed by atoms with Crippen molar-refractivity contribution in [3.8, 4) is 0 Å². The van der Waals surface area contributed by atoms with Crippen LogP contribution in [0.25, 0.3) is 0 Å². The first kappa shape index (κ1) is 18.2. The summed E-state index contributed by atoms with van der Waals surface area (Å²) in [4.78, 5) is 25.2. The van der Waals surface area contributed by atoms with Crippen LogP contribution in [-0.4, -0.2) is 29.2 Å². The number of rotatable bonds is 5. The number of benzene rings is 1. The van der Waals surface area contributed by atoms with E-state index in [1.54, 1.807) is 29.8 Å². The molecule has 0 radical (unpaired) electrons. The average Bonchev–Trinajstić information content (AvgIpc) is 3.47. The molecule has 1 aliphatic rings. The molecule has 0 aliphatic carbocycles. The molecule has 0 N–H and O–H groups in total. The van der Waals surface area contributed by atoms with E-state index < -0.39 is 11.9 Å². The van der Waals surface area contributed by atoms with Gasteiger partial charge in [-0.25, -0.2) is 9.80 Å². The fourth-order valence-electron chi connectivity index (χ4n) is 3.02. The quantitative estimate of drug-likeness (QED) is 0.609. The Kier molecular flexibility index (Phi) is 5.08. The van der Waals surface area contributed by atoms with Crippen LogP contribution in [0.3, 0.4) is 0 Å². The summed E-state index contributed by atoms with van der Waals surface area (Å²) in [7, 11) is 0. The van der Waals surface area contributed by atoms with E-state index in [-0.39, 0.29) is 12.6 Å². The first-order chi connectivity index (χ1) is 13.6. The highest BCUT2D eigenvalue weighted by molar-refractivity contribution is 7.11. The fourth-order valence-corrected chi connectivity index (χ4v) is 3.64. The van der Waals surface area contributed by atoms with E-state index in [0.29, 0.717) is 17.1 Å². The molecule has 0 fully saturated rings. The number of ether oxygens (including phenoxy) is 1. The van der Waals surface area contributed by atoms with Crippen molar-refractivity contribution in [1.29, 1.82) is 0 Å². The molecule has 0 spiro atoms. The lowest BCUT2D eigenvalue weighted by molar-refractivity contribution is -0.136. The van der Waals surface area contributed by atoms with E-state index in [4.69, 9.17) is 9.15 Å². The normalized spacial score (nSPS) is 16.1. The van der Waals surface area contributed by atoms with Crippen LogP contribution in [0.4, 0.5) is 0 Å². The van der Waals surface area contributed by atoms with E-state index in [1.807, 2.05) is 37.3 Å². The summed E-state index contributed by atoms with van der Waals surface area (Å²) >= 11 is 1.27. The Labute approximate surface area is 166 Å². The Morgan fingerprint density at radius 2 is 2.04 bits per heavy atom. The molecule has 0 saturated carbocycles. The van der Waals surface area contributed by atoms with Crippen LogP contribution in [0, 0.1) is 6.92 Å². The zero-order valence-electron chi connectivity index (χ0n) is 15.2. The molecule has 4 rings (SSSR count). The van der Waals surface area contributed by atoms with E-state index in [9.17, 15) is 9.59 Å². The molecule has 1 amide bonds. The Balaban J connectivity index is 1.53. The van der Waals surface area contributed by atoms with E-state index >= 15 is 0 Å². The van der Waals surface area contributed by atoms with Crippen LogP contribution in [0.2, 0.25) is 0 Å². The monoisotopic (exact) mass is 394 g/mol. The number of hydrogen-bond acceptors (Lipinski definition) is 6. The molecular weight excluding hydrogens is 376 g/mol. The minimum atomic E-state index is -0.514. The van der Waals surface area contributed by atoms with Crippen molar-refractivity contribution in [3.05, 3.63) is 81.9 Å². The van der Waals surface area contributed by atoms with Gasteiger partial charge in [0.25, 0.3) is 5.91 Å². The maximum Gasteiger partial charge on any atom is 0.348 e. The second-order valence-electron chi connectivity index (χ2n) is 6.44. The number of thiophene rings is 1. The number of carbonyl (C=O) groups excluding carboxylic acids is 2. The molecule has 7 heteroatoms. The summed E-state index contributed by atoms with van der Waals surface area (Å²) in [6.07, 6.45) is 2.10. The van der Waals surface area contributed by atoms with Crippen molar-refractivity contribution < 1.29 is 18.7 Å². The third kappa shape index (κ3) is 3.75. The number of amides is 1. The second-order valence-corrected chi connectivity index (χ2v) is 7.39. The lowest BCUT2D eigenvalue weighted by Crippen LogP contribution is -2.31. The average molecular weight is 394 g/mol. The molecule has 142 valence electrons. The Hall–Kier alpha value is -3.19. The van der Waals surface area contributed by atoms with E-state index in [0.717, 1.165) is 16.8 Å². The van der Waals surface area contributed by atoms with Gasteiger partial charge in [0, 0.05) is 6.42 Å². The summed E-state index contributed by atoms with van der Waals surface area (Å²) in [6.45, 7) is 1.64. The van der Waals surface area contributed by atoms with Crippen molar-refractivity contribution in [2.24, 2.45) is 5.10 Å². The number of furan rings is 1. The van der Waals surface area contributed by atoms with Gasteiger partial charge in [-0.15, -0.1) is 11.3 Å². The number of hydrogen-bond donors (Lipinski definition) is 0. The van der Waals surface area contributed by atoms with Gasteiger partial charge in [-0.1, -0.05) is 35.9 Å². The smallest absolute Gasteiger partial charge is 0.348 e. The van der Waals surface area contributed by atoms with Crippen LogP contribution in [0.1, 0.15) is 39.0 Å². The Morgan fingerprint density at radius 3 is 2.71 bits per heavy atom. The first-order valence-electron chi connectivity index (χ1n) is 8.82. The van der Waals surface area contributed by atoms with Crippen molar-refractivity contribution >= 4 is 28.9 Å². The van der Waals surface area contributed by atoms with E-state index in [2.05, 4.69) is 5.10 Å². The van der Waals surface area contributed by atoms with Crippen molar-refractivity contribution in [3.63, 3.8) is 0 Å². The summed E-state index contributed by atoms with van der Waals surface area (Å²) in [5.74, 6) is -0.267. The molecule has 1 aromatic carbocycles. The second kappa shape index (κ2) is 7.82. The first-order valence-corrected chi connectivity index (χ1v) is 9.70. The summed E-state index contributed by atoms with van der Waals surface area (Å²) in [5, 5.41) is 7.66. The molecule has 0 unspecified atom stereocenters. The minimum absolute atomic E-state index is 0.362. The van der Waals surface area contributed by atoms with Crippen LogP contribution in [0.15, 0.2) is 69.7 Å². The van der Waals surface area contributed by atoms with Crippen LogP contribution in [-0.2, 0) is 9.53 Å². The molecule has 6 nitrogen and oxygen atoms in total. The van der Waals surface area contributed by atoms with Crippen molar-refractivity contribution in [2.45, 2.75) is 19.4 Å². The molecule has 1 aliphatic heterocycles. The van der Waals surface area contributed by atoms with Crippen LogP contribution in [0.5, 0.6) is 0 Å². The van der Waals surface area contributed by atoms with Gasteiger partial charge in [0.05, 0.1) is 12.0 Å². The largest absolute Gasteiger partial charge is 0.467 e. The molecule has 1 atom stereocenters. The molecule has 3 aromatic rings. The minimum Gasteiger partial charge on any atom is -0.467 e. The SMILES string of the molecule is Cc1ccc(C2=NN(C(=O)COC(=O)c3cccs3)[C@@H](c3ccco3)C2)cc1. The van der Waals surface area contributed by atoms with Crippen molar-refractivity contribution in [2.75, 3.05) is 6.61 Å². The van der Waals surface area contributed by atoms with Gasteiger partial charge in [0.15, 0.2) is 6.61 Å². The van der Waals surface area contributed by atoms with Crippen molar-refractivity contribution in [1.82, 2.24) is 5.01 Å². The Bertz CT molecular complexity index is 992. The third-order valence-electron chi connectivity index (χ3n) is 4.47. The topological polar surface area (TPSA) is 72.1 Å². The summed E-state index contributed by atoms with van der Waals surface area (Å²) in [6, 6.07) is 14.6. The van der Waals surface area contributed by atoms with Crippen LogP contribution < -0.4 is 0 Å². The number of aryl methyl sites for hydroxylation is 1. The number of carbonyl (C=O) groups is 2. The standard InChI is InChI=1S/C21H18N2O4S/c1-14-6-8-15(9-7-14)16-12-17(18-4-2-10-26-18)23(22-16)20(24)13-27-21(25)19-5-3-11-28-19/h2-11,17H,12-13H2,1H3/t17-/m1/s1. The van der Waals surface area contributed by atoms with Gasteiger partial charge >= 0.3 is 5.97 Å². The molecule has 28 heavy (non-hydrogen) atoms. The van der Waals surface area contributed by atoms with Gasteiger partial charge in [0.1, 0.15) is 16.7 Å². The maximum atomic E-state index is 12.8. The fraction of sp³-hybridized carbons (Fsp3) is 0.190. The van der Waals surface area contributed by atoms with Gasteiger partial charge in [-0.2, -0.15) is 5.10 Å². The van der Waals surface area contributed by atoms with Crippen LogP contribution >= 0.6 is 11.3 Å². The molecular formula is C21H18N2O4S. The highest BCUT2D eigenvalue weighted by atomic mass is 32.1. The lowest BCUT2D eigenvalue weighted by atomic mass is 10.0. The summed E-state index contributed by atoms with van der Waals surface area (Å²) in [5.41, 5.74) is 2.89. The number of esters is 1. The lowest BCUT2D eigenvalue weighted by Gasteiger charge is -2.19. The number of hydrazone groups is 1. The number of nitrogens with zero attached hydrogens (tertiary/aromatic N) is 2. The zero-order chi connectivity index (χ0) is 19.5. The molecule has 3 heterocycles. The van der Waals surface area contributed by atoms with E-state index in [1.165, 1.54) is 16.3 Å².